The summed E-state index contributed by atoms with van der Waals surface area (Å²) in [6.07, 6.45) is 8.94. The van der Waals surface area contributed by atoms with Crippen molar-refractivity contribution in [2.24, 2.45) is 5.92 Å². The van der Waals surface area contributed by atoms with Gasteiger partial charge in [-0.2, -0.15) is 5.26 Å². The van der Waals surface area contributed by atoms with E-state index in [1.54, 1.807) is 6.07 Å². The Labute approximate surface area is 187 Å². The predicted octanol–water partition coefficient (Wildman–Crippen LogP) is 6.91. The summed E-state index contributed by atoms with van der Waals surface area (Å²) in [7, 11) is 0. The van der Waals surface area contributed by atoms with E-state index in [1.807, 2.05) is 12.1 Å². The molecule has 1 aliphatic carbocycles. The first-order valence-corrected chi connectivity index (χ1v) is 11.8. The monoisotopic (exact) mass is 417 g/mol. The third kappa shape index (κ3) is 5.56. The molecule has 2 aromatic rings. The van der Waals surface area contributed by atoms with E-state index < -0.39 is 5.41 Å². The second-order valence-electron chi connectivity index (χ2n) is 9.37. The van der Waals surface area contributed by atoms with Gasteiger partial charge in [0.2, 0.25) is 0 Å². The molecule has 3 nitrogen and oxygen atoms in total. The smallest absolute Gasteiger partial charge is 0.321 e. The molecule has 1 saturated carbocycles. The molecule has 0 spiro atoms. The fourth-order valence-electron chi connectivity index (χ4n) is 4.68. The molecule has 0 unspecified atom stereocenters. The van der Waals surface area contributed by atoms with Gasteiger partial charge in [0.1, 0.15) is 11.8 Å². The number of ether oxygens (including phenoxy) is 1. The summed E-state index contributed by atoms with van der Waals surface area (Å²) < 4.78 is 5.93. The second-order valence-corrected chi connectivity index (χ2v) is 9.37. The second kappa shape index (κ2) is 10.6. The van der Waals surface area contributed by atoms with Crippen molar-refractivity contribution in [3.05, 3.63) is 64.7 Å². The van der Waals surface area contributed by atoms with Crippen LogP contribution in [0.4, 0.5) is 0 Å². The van der Waals surface area contributed by atoms with Crippen LogP contribution < -0.4 is 4.74 Å². The molecule has 0 heterocycles. The van der Waals surface area contributed by atoms with E-state index in [4.69, 9.17) is 4.74 Å². The molecule has 31 heavy (non-hydrogen) atoms. The number of hydrogen-bond acceptors (Lipinski definition) is 3. The Morgan fingerprint density at radius 2 is 1.74 bits per heavy atom. The molecular formula is C28H35NO2. The highest BCUT2D eigenvalue weighted by atomic mass is 16.5. The topological polar surface area (TPSA) is 50.1 Å². The van der Waals surface area contributed by atoms with Crippen molar-refractivity contribution in [1.82, 2.24) is 0 Å². The van der Waals surface area contributed by atoms with Crippen LogP contribution >= 0.6 is 0 Å². The Hall–Kier alpha value is -2.60. The molecule has 0 amide bonds. The van der Waals surface area contributed by atoms with Gasteiger partial charge >= 0.3 is 5.97 Å². The number of unbranched alkanes of at least 4 members (excludes halogenated alkanes) is 1. The highest BCUT2D eigenvalue weighted by Crippen LogP contribution is 2.41. The first kappa shape index (κ1) is 23.1. The normalized spacial score (nSPS) is 15.5. The van der Waals surface area contributed by atoms with Crippen molar-refractivity contribution in [1.29, 1.82) is 5.26 Å². The zero-order valence-electron chi connectivity index (χ0n) is 19.2. The zero-order valence-corrected chi connectivity index (χ0v) is 19.2. The Morgan fingerprint density at radius 3 is 2.35 bits per heavy atom. The highest BCUT2D eigenvalue weighted by molar-refractivity contribution is 5.85. The summed E-state index contributed by atoms with van der Waals surface area (Å²) in [5.74, 6) is 0.764. The molecule has 2 aromatic carbocycles. The van der Waals surface area contributed by atoms with Gasteiger partial charge in [0.15, 0.2) is 0 Å². The van der Waals surface area contributed by atoms with E-state index in [0.29, 0.717) is 17.2 Å². The third-order valence-corrected chi connectivity index (χ3v) is 6.43. The standard InChI is InChI=1S/C28H35NO2/c1-4-5-9-22-12-15-26(24(19-22)20-29)31-27(30)28(16-7-6-8-17-28)25-13-10-23(11-14-25)18-21(2)3/h10-15,19,21H,4-9,16-18H2,1-3H3. The van der Waals surface area contributed by atoms with Crippen molar-refractivity contribution in [3.63, 3.8) is 0 Å². The van der Waals surface area contributed by atoms with Gasteiger partial charge in [-0.05, 0) is 66.8 Å². The quantitative estimate of drug-likeness (QED) is 0.346. The first-order valence-electron chi connectivity index (χ1n) is 11.8. The van der Waals surface area contributed by atoms with Gasteiger partial charge in [0, 0.05) is 0 Å². The number of esters is 1. The Bertz CT molecular complexity index is 915. The number of carbonyl (C=O) groups is 1. The summed E-state index contributed by atoms with van der Waals surface area (Å²) in [6.45, 7) is 6.59. The lowest BCUT2D eigenvalue weighted by Crippen LogP contribution is -2.41. The van der Waals surface area contributed by atoms with Crippen LogP contribution in [0.15, 0.2) is 42.5 Å². The number of aryl methyl sites for hydroxylation is 1. The van der Waals surface area contributed by atoms with E-state index in [2.05, 4.69) is 51.1 Å². The minimum atomic E-state index is -0.623. The van der Waals surface area contributed by atoms with E-state index in [-0.39, 0.29) is 5.97 Å². The van der Waals surface area contributed by atoms with Gasteiger partial charge < -0.3 is 4.74 Å². The number of carbonyl (C=O) groups excluding carboxylic acids is 1. The van der Waals surface area contributed by atoms with Crippen molar-refractivity contribution in [3.8, 4) is 11.8 Å². The van der Waals surface area contributed by atoms with Crippen LogP contribution in [0.1, 0.15) is 88.0 Å². The molecule has 0 atom stereocenters. The van der Waals surface area contributed by atoms with E-state index in [9.17, 15) is 10.1 Å². The molecule has 0 saturated heterocycles. The van der Waals surface area contributed by atoms with Crippen LogP contribution in [-0.2, 0) is 23.1 Å². The van der Waals surface area contributed by atoms with E-state index in [0.717, 1.165) is 68.9 Å². The van der Waals surface area contributed by atoms with Crippen LogP contribution in [0.5, 0.6) is 5.75 Å². The van der Waals surface area contributed by atoms with E-state index >= 15 is 0 Å². The minimum Gasteiger partial charge on any atom is -0.424 e. The molecule has 0 bridgehead atoms. The van der Waals surface area contributed by atoms with Crippen molar-refractivity contribution in [2.45, 2.75) is 84.0 Å². The van der Waals surface area contributed by atoms with Crippen LogP contribution in [0.2, 0.25) is 0 Å². The van der Waals surface area contributed by atoms with Crippen LogP contribution in [0.3, 0.4) is 0 Å². The van der Waals surface area contributed by atoms with Gasteiger partial charge in [-0.3, -0.25) is 4.79 Å². The summed E-state index contributed by atoms with van der Waals surface area (Å²) in [6, 6.07) is 16.4. The Balaban J connectivity index is 1.86. The Kier molecular flexibility index (Phi) is 7.91. The fourth-order valence-corrected chi connectivity index (χ4v) is 4.68. The highest BCUT2D eigenvalue weighted by Gasteiger charge is 2.43. The van der Waals surface area contributed by atoms with Gasteiger partial charge in [-0.15, -0.1) is 0 Å². The summed E-state index contributed by atoms with van der Waals surface area (Å²) in [5.41, 5.74) is 3.28. The van der Waals surface area contributed by atoms with Crippen molar-refractivity contribution >= 4 is 5.97 Å². The molecule has 0 N–H and O–H groups in total. The zero-order chi connectivity index (χ0) is 22.3. The average molecular weight is 418 g/mol. The first-order chi connectivity index (χ1) is 15.0. The summed E-state index contributed by atoms with van der Waals surface area (Å²) in [5, 5.41) is 9.63. The van der Waals surface area contributed by atoms with Crippen LogP contribution in [0, 0.1) is 17.2 Å². The van der Waals surface area contributed by atoms with Gasteiger partial charge in [0.25, 0.3) is 0 Å². The molecule has 1 aliphatic rings. The maximum absolute atomic E-state index is 13.5. The maximum atomic E-state index is 13.5. The Morgan fingerprint density at radius 1 is 1.06 bits per heavy atom. The van der Waals surface area contributed by atoms with Crippen molar-refractivity contribution in [2.75, 3.05) is 0 Å². The molecule has 0 aliphatic heterocycles. The minimum absolute atomic E-state index is 0.221. The lowest BCUT2D eigenvalue weighted by molar-refractivity contribution is -0.142. The summed E-state index contributed by atoms with van der Waals surface area (Å²) >= 11 is 0. The molecule has 164 valence electrons. The number of rotatable bonds is 8. The molecule has 1 fully saturated rings. The lowest BCUT2D eigenvalue weighted by Gasteiger charge is -2.35. The lowest BCUT2D eigenvalue weighted by atomic mass is 9.69. The third-order valence-electron chi connectivity index (χ3n) is 6.43. The summed E-state index contributed by atoms with van der Waals surface area (Å²) in [4.78, 5) is 13.5. The number of hydrogen-bond donors (Lipinski definition) is 0. The van der Waals surface area contributed by atoms with Crippen LogP contribution in [-0.4, -0.2) is 5.97 Å². The van der Waals surface area contributed by atoms with Gasteiger partial charge in [-0.25, -0.2) is 0 Å². The molecule has 0 radical (unpaired) electrons. The molecule has 3 heteroatoms. The maximum Gasteiger partial charge on any atom is 0.321 e. The molecular weight excluding hydrogens is 382 g/mol. The van der Waals surface area contributed by atoms with Crippen LogP contribution in [0.25, 0.3) is 0 Å². The van der Waals surface area contributed by atoms with Gasteiger partial charge in [-0.1, -0.05) is 76.8 Å². The average Bonchev–Trinajstić information content (AvgIpc) is 2.78. The SMILES string of the molecule is CCCCc1ccc(OC(=O)C2(c3ccc(CC(C)C)cc3)CCCCC2)c(C#N)c1. The number of nitriles is 1. The fraction of sp³-hybridized carbons (Fsp3) is 0.500. The molecule has 0 aromatic heterocycles. The van der Waals surface area contributed by atoms with Gasteiger partial charge in [0.05, 0.1) is 11.0 Å². The predicted molar refractivity (Wildman–Crippen MR) is 125 cm³/mol. The molecule has 3 rings (SSSR count). The number of benzene rings is 2. The largest absolute Gasteiger partial charge is 0.424 e. The van der Waals surface area contributed by atoms with E-state index in [1.165, 1.54) is 5.56 Å². The number of nitrogens with zero attached hydrogens (tertiary/aromatic N) is 1. The van der Waals surface area contributed by atoms with Crippen molar-refractivity contribution < 1.29 is 9.53 Å².